The van der Waals surface area contributed by atoms with Crippen molar-refractivity contribution < 1.29 is 22.8 Å². The Kier molecular flexibility index (Phi) is 4.83. The molecule has 0 saturated carbocycles. The summed E-state index contributed by atoms with van der Waals surface area (Å²) in [6, 6.07) is 12.2. The van der Waals surface area contributed by atoms with Gasteiger partial charge < -0.3 is 10.6 Å². The Balaban J connectivity index is 1.50. The van der Waals surface area contributed by atoms with Crippen molar-refractivity contribution in [3.63, 3.8) is 0 Å². The van der Waals surface area contributed by atoms with Crippen molar-refractivity contribution in [2.75, 3.05) is 11.9 Å². The van der Waals surface area contributed by atoms with Crippen molar-refractivity contribution in [1.82, 2.24) is 10.2 Å². The molecule has 1 fully saturated rings. The molecule has 0 aromatic heterocycles. The summed E-state index contributed by atoms with van der Waals surface area (Å²) >= 11 is 0. The summed E-state index contributed by atoms with van der Waals surface area (Å²) in [7, 11) is -3.84. The second kappa shape index (κ2) is 7.22. The normalized spacial score (nSPS) is 20.8. The lowest BCUT2D eigenvalue weighted by molar-refractivity contribution is -0.134. The van der Waals surface area contributed by atoms with Gasteiger partial charge in [0, 0.05) is 5.69 Å². The monoisotopic (exact) mass is 428 g/mol. The highest BCUT2D eigenvalue weighted by atomic mass is 32.2. The number of sulfonamides is 1. The van der Waals surface area contributed by atoms with E-state index in [0.29, 0.717) is 12.1 Å². The number of amides is 4. The summed E-state index contributed by atoms with van der Waals surface area (Å²) in [5, 5.41) is 10.4. The van der Waals surface area contributed by atoms with E-state index in [0.717, 1.165) is 28.9 Å². The summed E-state index contributed by atoms with van der Waals surface area (Å²) in [5.74, 6) is -1.03. The Morgan fingerprint density at radius 1 is 1.13 bits per heavy atom. The first-order valence-electron chi connectivity index (χ1n) is 9.36. The highest BCUT2D eigenvalue weighted by molar-refractivity contribution is 7.89. The van der Waals surface area contributed by atoms with Gasteiger partial charge >= 0.3 is 6.03 Å². The van der Waals surface area contributed by atoms with Gasteiger partial charge in [0.25, 0.3) is 5.91 Å². The van der Waals surface area contributed by atoms with E-state index in [1.54, 1.807) is 0 Å². The standard InChI is InChI=1S/C20H20N4O5S/c21-30(28,29)15-9-7-14(8-10-15)22-17(25)12-24-18(26)20(23-19(24)27)11-3-5-13-4-1-2-6-16(13)20/h1-2,4,6-10H,3,5,11-12H2,(H,22,25)(H,23,27)(H2,21,28,29)/t20-/m1/s1. The molecule has 2 aliphatic rings. The van der Waals surface area contributed by atoms with Crippen molar-refractivity contribution in [3.05, 3.63) is 59.7 Å². The molecule has 4 N–H and O–H groups in total. The molecule has 2 aromatic rings. The van der Waals surface area contributed by atoms with E-state index >= 15 is 0 Å². The first-order chi connectivity index (χ1) is 14.2. The van der Waals surface area contributed by atoms with E-state index in [4.69, 9.17) is 5.14 Å². The zero-order chi connectivity index (χ0) is 21.5. The second-order valence-electron chi connectivity index (χ2n) is 7.36. The molecule has 2 aromatic carbocycles. The van der Waals surface area contributed by atoms with E-state index in [9.17, 15) is 22.8 Å². The van der Waals surface area contributed by atoms with Crippen LogP contribution in [0.5, 0.6) is 0 Å². The number of fused-ring (bicyclic) bond motifs is 2. The lowest BCUT2D eigenvalue weighted by Gasteiger charge is -2.33. The largest absolute Gasteiger partial charge is 0.325 e. The van der Waals surface area contributed by atoms with Crippen LogP contribution in [0.15, 0.2) is 53.4 Å². The van der Waals surface area contributed by atoms with E-state index in [1.807, 2.05) is 24.3 Å². The van der Waals surface area contributed by atoms with Crippen molar-refractivity contribution in [2.24, 2.45) is 5.14 Å². The lowest BCUT2D eigenvalue weighted by Crippen LogP contribution is -2.47. The number of aryl methyl sites for hydroxylation is 1. The molecule has 10 heteroatoms. The van der Waals surface area contributed by atoms with E-state index in [2.05, 4.69) is 10.6 Å². The molecule has 1 saturated heterocycles. The molecule has 30 heavy (non-hydrogen) atoms. The molecule has 1 aliphatic heterocycles. The van der Waals surface area contributed by atoms with Gasteiger partial charge in [-0.25, -0.2) is 18.4 Å². The number of hydrogen-bond donors (Lipinski definition) is 3. The molecule has 1 spiro atoms. The fraction of sp³-hybridized carbons (Fsp3) is 0.250. The number of carbonyl (C=O) groups excluding carboxylic acids is 3. The summed E-state index contributed by atoms with van der Waals surface area (Å²) < 4.78 is 22.6. The number of anilines is 1. The number of nitrogens with one attached hydrogen (secondary N) is 2. The van der Waals surface area contributed by atoms with E-state index in [1.165, 1.54) is 24.3 Å². The third kappa shape index (κ3) is 3.44. The lowest BCUT2D eigenvalue weighted by atomic mass is 9.76. The number of benzene rings is 2. The Hall–Kier alpha value is -3.24. The van der Waals surface area contributed by atoms with Crippen LogP contribution in [0, 0.1) is 0 Å². The zero-order valence-corrected chi connectivity index (χ0v) is 16.7. The molecule has 0 unspecified atom stereocenters. The molecule has 1 aliphatic carbocycles. The number of urea groups is 1. The van der Waals surface area contributed by atoms with Crippen LogP contribution in [-0.2, 0) is 31.6 Å². The molecule has 9 nitrogen and oxygen atoms in total. The number of nitrogens with two attached hydrogens (primary N) is 1. The predicted molar refractivity (Wildman–Crippen MR) is 108 cm³/mol. The number of carbonyl (C=O) groups is 3. The van der Waals surface area contributed by atoms with Gasteiger partial charge in [-0.15, -0.1) is 0 Å². The van der Waals surface area contributed by atoms with Gasteiger partial charge in [0.2, 0.25) is 15.9 Å². The fourth-order valence-corrected chi connectivity index (χ4v) is 4.54. The number of nitrogens with zero attached hydrogens (tertiary/aromatic N) is 1. The third-order valence-corrected chi connectivity index (χ3v) is 6.35. The number of rotatable bonds is 4. The minimum absolute atomic E-state index is 0.0903. The number of imide groups is 1. The van der Waals surface area contributed by atoms with Crippen LogP contribution in [0.25, 0.3) is 0 Å². The molecule has 1 atom stereocenters. The Morgan fingerprint density at radius 3 is 2.53 bits per heavy atom. The minimum atomic E-state index is -3.84. The van der Waals surface area contributed by atoms with Crippen LogP contribution in [0.1, 0.15) is 24.0 Å². The van der Waals surface area contributed by atoms with Crippen molar-refractivity contribution >= 4 is 33.6 Å². The summed E-state index contributed by atoms with van der Waals surface area (Å²) in [5.41, 5.74) is 0.968. The highest BCUT2D eigenvalue weighted by Gasteiger charge is 2.54. The molecule has 4 rings (SSSR count). The molecule has 0 radical (unpaired) electrons. The maximum absolute atomic E-state index is 13.2. The molecule has 0 bridgehead atoms. The average molecular weight is 428 g/mol. The molecular weight excluding hydrogens is 408 g/mol. The zero-order valence-electron chi connectivity index (χ0n) is 15.9. The predicted octanol–water partition coefficient (Wildman–Crippen LogP) is 1.06. The van der Waals surface area contributed by atoms with Gasteiger partial charge in [0.1, 0.15) is 12.1 Å². The summed E-state index contributed by atoms with van der Waals surface area (Å²) in [6.45, 7) is -0.453. The van der Waals surface area contributed by atoms with Crippen LogP contribution in [0.4, 0.5) is 10.5 Å². The number of primary sulfonamides is 1. The maximum atomic E-state index is 13.2. The smallest absolute Gasteiger partial charge is 0.325 e. The number of hydrogen-bond acceptors (Lipinski definition) is 5. The van der Waals surface area contributed by atoms with E-state index < -0.39 is 40.0 Å². The minimum Gasteiger partial charge on any atom is -0.325 e. The van der Waals surface area contributed by atoms with Crippen LogP contribution in [0.3, 0.4) is 0 Å². The first-order valence-corrected chi connectivity index (χ1v) is 10.9. The highest BCUT2D eigenvalue weighted by Crippen LogP contribution is 2.39. The Morgan fingerprint density at radius 2 is 1.83 bits per heavy atom. The molecule has 1 heterocycles. The van der Waals surface area contributed by atoms with E-state index in [-0.39, 0.29) is 4.90 Å². The SMILES string of the molecule is NS(=O)(=O)c1ccc(NC(=O)CN2C(=O)N[C@@]3(CCCc4ccccc43)C2=O)cc1. The van der Waals surface area contributed by atoms with Crippen LogP contribution >= 0.6 is 0 Å². The molecule has 4 amide bonds. The molecule has 156 valence electrons. The van der Waals surface area contributed by atoms with Gasteiger partial charge in [-0.2, -0.15) is 0 Å². The quantitative estimate of drug-likeness (QED) is 0.625. The van der Waals surface area contributed by atoms with Crippen molar-refractivity contribution in [2.45, 2.75) is 29.7 Å². The Labute approximate surface area is 173 Å². The van der Waals surface area contributed by atoms with Gasteiger partial charge in [-0.05, 0) is 54.7 Å². The average Bonchev–Trinajstić information content (AvgIpc) is 2.93. The fourth-order valence-electron chi connectivity index (χ4n) is 4.03. The Bertz CT molecular complexity index is 1150. The topological polar surface area (TPSA) is 139 Å². The second-order valence-corrected chi connectivity index (χ2v) is 8.92. The van der Waals surface area contributed by atoms with Gasteiger partial charge in [0.15, 0.2) is 0 Å². The van der Waals surface area contributed by atoms with Gasteiger partial charge in [-0.1, -0.05) is 24.3 Å². The van der Waals surface area contributed by atoms with Crippen molar-refractivity contribution in [1.29, 1.82) is 0 Å². The van der Waals surface area contributed by atoms with Gasteiger partial charge in [0.05, 0.1) is 4.90 Å². The van der Waals surface area contributed by atoms with Crippen molar-refractivity contribution in [3.8, 4) is 0 Å². The van der Waals surface area contributed by atoms with Crippen LogP contribution < -0.4 is 15.8 Å². The van der Waals surface area contributed by atoms with Gasteiger partial charge in [-0.3, -0.25) is 14.5 Å². The first kappa shape index (κ1) is 20.0. The van der Waals surface area contributed by atoms with Crippen LogP contribution in [0.2, 0.25) is 0 Å². The molecular formula is C20H20N4O5S. The maximum Gasteiger partial charge on any atom is 0.325 e. The third-order valence-electron chi connectivity index (χ3n) is 5.42. The summed E-state index contributed by atoms with van der Waals surface area (Å²) in [6.07, 6.45) is 2.05. The van der Waals surface area contributed by atoms with Crippen LogP contribution in [-0.4, -0.2) is 37.7 Å². The summed E-state index contributed by atoms with van der Waals surface area (Å²) in [4.78, 5) is 39.0.